The van der Waals surface area contributed by atoms with Gasteiger partial charge in [0.15, 0.2) is 0 Å². The molecule has 7 heteroatoms. The predicted molar refractivity (Wildman–Crippen MR) is 106 cm³/mol. The summed E-state index contributed by atoms with van der Waals surface area (Å²) in [5, 5.41) is 1.12. The van der Waals surface area contributed by atoms with Crippen LogP contribution in [0.3, 0.4) is 0 Å². The zero-order chi connectivity index (χ0) is 18.8. The zero-order valence-electron chi connectivity index (χ0n) is 15.0. The minimum absolute atomic E-state index is 0.0486. The molecular weight excluding hydrogens is 370 g/mol. The van der Waals surface area contributed by atoms with E-state index >= 15 is 0 Å². The van der Waals surface area contributed by atoms with E-state index in [0.717, 1.165) is 5.56 Å². The van der Waals surface area contributed by atoms with E-state index in [9.17, 15) is 9.59 Å². The van der Waals surface area contributed by atoms with Crippen LogP contribution in [0.1, 0.15) is 34.6 Å². The Labute approximate surface area is 160 Å². The van der Waals surface area contributed by atoms with Crippen molar-refractivity contribution in [1.29, 1.82) is 0 Å². The molecule has 0 saturated carbocycles. The van der Waals surface area contributed by atoms with Crippen LogP contribution >= 0.6 is 22.9 Å². The van der Waals surface area contributed by atoms with Crippen LogP contribution in [0.2, 0.25) is 5.02 Å². The number of hydrogen-bond acceptors (Lipinski definition) is 4. The van der Waals surface area contributed by atoms with Gasteiger partial charge in [-0.05, 0) is 38.0 Å². The molecule has 1 amide bonds. The van der Waals surface area contributed by atoms with E-state index in [1.165, 1.54) is 22.2 Å². The van der Waals surface area contributed by atoms with Gasteiger partial charge in [0.1, 0.15) is 4.83 Å². The number of aromatic nitrogens is 2. The summed E-state index contributed by atoms with van der Waals surface area (Å²) in [6.07, 6.45) is 1.52. The van der Waals surface area contributed by atoms with Gasteiger partial charge in [0.2, 0.25) is 0 Å². The van der Waals surface area contributed by atoms with Gasteiger partial charge in [-0.1, -0.05) is 29.8 Å². The monoisotopic (exact) mass is 389 g/mol. The first-order chi connectivity index (χ1) is 12.5. The Bertz CT molecular complexity index is 1020. The van der Waals surface area contributed by atoms with Crippen molar-refractivity contribution in [3.63, 3.8) is 0 Å². The largest absolute Gasteiger partial charge is 0.338 e. The Morgan fingerprint density at radius 3 is 2.62 bits per heavy atom. The molecule has 2 aromatic heterocycles. The minimum atomic E-state index is -0.151. The van der Waals surface area contributed by atoms with Gasteiger partial charge in [0.25, 0.3) is 11.5 Å². The second-order valence-corrected chi connectivity index (χ2v) is 7.39. The lowest BCUT2D eigenvalue weighted by atomic mass is 10.2. The standard InChI is InChI=1S/C19H20ClN3O2S/c1-4-22(5-2)19(25)16-12(3)15-17(26-16)21-11-23(18(15)24)10-13-8-6-7-9-14(13)20/h6-9,11H,4-5,10H2,1-3H3. The molecule has 0 radical (unpaired) electrons. The van der Waals surface area contributed by atoms with Crippen molar-refractivity contribution >= 4 is 39.1 Å². The van der Waals surface area contributed by atoms with Crippen LogP contribution in [0.4, 0.5) is 0 Å². The van der Waals surface area contributed by atoms with Gasteiger partial charge in [0.05, 0.1) is 23.1 Å². The first-order valence-electron chi connectivity index (χ1n) is 8.49. The van der Waals surface area contributed by atoms with E-state index in [1.807, 2.05) is 39.0 Å². The Kier molecular flexibility index (Phi) is 5.44. The lowest BCUT2D eigenvalue weighted by Crippen LogP contribution is -2.30. The number of hydrogen-bond donors (Lipinski definition) is 0. The molecule has 0 unspecified atom stereocenters. The average molecular weight is 390 g/mol. The summed E-state index contributed by atoms with van der Waals surface area (Å²) >= 11 is 7.49. The summed E-state index contributed by atoms with van der Waals surface area (Å²) in [4.78, 5) is 33.0. The van der Waals surface area contributed by atoms with Crippen molar-refractivity contribution in [2.45, 2.75) is 27.3 Å². The fourth-order valence-electron chi connectivity index (χ4n) is 2.94. The molecule has 136 valence electrons. The second kappa shape index (κ2) is 7.60. The normalized spacial score (nSPS) is 11.1. The third kappa shape index (κ3) is 3.27. The third-order valence-electron chi connectivity index (χ3n) is 4.46. The number of halogens is 1. The van der Waals surface area contributed by atoms with Gasteiger partial charge in [-0.3, -0.25) is 14.2 Å². The minimum Gasteiger partial charge on any atom is -0.338 e. The smallest absolute Gasteiger partial charge is 0.264 e. The molecule has 0 atom stereocenters. The van der Waals surface area contributed by atoms with E-state index < -0.39 is 0 Å². The summed E-state index contributed by atoms with van der Waals surface area (Å²) in [5.41, 5.74) is 1.40. The van der Waals surface area contributed by atoms with Gasteiger partial charge in [-0.25, -0.2) is 4.98 Å². The highest BCUT2D eigenvalue weighted by atomic mass is 35.5. The maximum atomic E-state index is 13.0. The Hall–Kier alpha value is -2.18. The van der Waals surface area contributed by atoms with Crippen molar-refractivity contribution in [3.8, 4) is 0 Å². The van der Waals surface area contributed by atoms with Gasteiger partial charge >= 0.3 is 0 Å². The third-order valence-corrected chi connectivity index (χ3v) is 6.02. The topological polar surface area (TPSA) is 55.2 Å². The molecule has 0 spiro atoms. The first-order valence-corrected chi connectivity index (χ1v) is 9.68. The molecule has 0 aliphatic heterocycles. The Morgan fingerprint density at radius 1 is 1.27 bits per heavy atom. The SMILES string of the molecule is CCN(CC)C(=O)c1sc2ncn(Cc3ccccc3Cl)c(=O)c2c1C. The molecule has 5 nitrogen and oxygen atoms in total. The molecule has 0 saturated heterocycles. The summed E-state index contributed by atoms with van der Waals surface area (Å²) in [6, 6.07) is 7.42. The van der Waals surface area contributed by atoms with Crippen LogP contribution in [0.15, 0.2) is 35.4 Å². The highest BCUT2D eigenvalue weighted by Gasteiger charge is 2.22. The van der Waals surface area contributed by atoms with Crippen LogP contribution in [-0.4, -0.2) is 33.4 Å². The molecule has 0 aliphatic rings. The van der Waals surface area contributed by atoms with Crippen LogP contribution < -0.4 is 5.56 Å². The molecule has 0 bridgehead atoms. The second-order valence-electron chi connectivity index (χ2n) is 5.98. The van der Waals surface area contributed by atoms with Crippen LogP contribution in [0.5, 0.6) is 0 Å². The summed E-state index contributed by atoms with van der Waals surface area (Å²) in [7, 11) is 0. The van der Waals surface area contributed by atoms with Crippen molar-refractivity contribution in [2.24, 2.45) is 0 Å². The Balaban J connectivity index is 2.07. The quantitative estimate of drug-likeness (QED) is 0.663. The molecule has 26 heavy (non-hydrogen) atoms. The van der Waals surface area contributed by atoms with E-state index in [-0.39, 0.29) is 11.5 Å². The maximum absolute atomic E-state index is 13.0. The number of nitrogens with zero attached hydrogens (tertiary/aromatic N) is 3. The van der Waals surface area contributed by atoms with E-state index in [4.69, 9.17) is 11.6 Å². The molecular formula is C19H20ClN3O2S. The first kappa shape index (κ1) is 18.6. The lowest BCUT2D eigenvalue weighted by Gasteiger charge is -2.17. The molecule has 1 aromatic carbocycles. The van der Waals surface area contributed by atoms with Crippen molar-refractivity contribution in [2.75, 3.05) is 13.1 Å². The zero-order valence-corrected chi connectivity index (χ0v) is 16.5. The predicted octanol–water partition coefficient (Wildman–Crippen LogP) is 3.95. The molecule has 0 aliphatic carbocycles. The van der Waals surface area contributed by atoms with E-state index in [1.54, 1.807) is 11.0 Å². The molecule has 2 heterocycles. The average Bonchev–Trinajstić information content (AvgIpc) is 2.97. The Morgan fingerprint density at radius 2 is 1.96 bits per heavy atom. The fourth-order valence-corrected chi connectivity index (χ4v) is 4.24. The number of carbonyl (C=O) groups excluding carboxylic acids is 1. The van der Waals surface area contributed by atoms with Gasteiger partial charge < -0.3 is 4.90 Å². The van der Waals surface area contributed by atoms with Crippen LogP contribution in [0.25, 0.3) is 10.2 Å². The molecule has 0 N–H and O–H groups in total. The highest BCUT2D eigenvalue weighted by Crippen LogP contribution is 2.28. The number of rotatable bonds is 5. The molecule has 0 fully saturated rings. The van der Waals surface area contributed by atoms with Crippen molar-refractivity contribution < 1.29 is 4.79 Å². The van der Waals surface area contributed by atoms with Crippen molar-refractivity contribution in [1.82, 2.24) is 14.5 Å². The van der Waals surface area contributed by atoms with Crippen LogP contribution in [0, 0.1) is 6.92 Å². The number of carbonyl (C=O) groups is 1. The number of benzene rings is 1. The number of amides is 1. The van der Waals surface area contributed by atoms with Gasteiger partial charge in [-0.2, -0.15) is 0 Å². The number of thiophene rings is 1. The summed E-state index contributed by atoms with van der Waals surface area (Å²) in [6.45, 7) is 7.31. The van der Waals surface area contributed by atoms with E-state index in [2.05, 4.69) is 4.98 Å². The molecule has 3 rings (SSSR count). The summed E-state index contributed by atoms with van der Waals surface area (Å²) < 4.78 is 1.54. The van der Waals surface area contributed by atoms with Gasteiger partial charge in [0, 0.05) is 18.1 Å². The fraction of sp³-hybridized carbons (Fsp3) is 0.316. The number of aryl methyl sites for hydroxylation is 1. The molecule has 3 aromatic rings. The summed E-state index contributed by atoms with van der Waals surface area (Å²) in [5.74, 6) is -0.0486. The lowest BCUT2D eigenvalue weighted by molar-refractivity contribution is 0.0777. The van der Waals surface area contributed by atoms with Gasteiger partial charge in [-0.15, -0.1) is 11.3 Å². The van der Waals surface area contributed by atoms with E-state index in [0.29, 0.717) is 45.3 Å². The number of fused-ring (bicyclic) bond motifs is 1. The van der Waals surface area contributed by atoms with Crippen molar-refractivity contribution in [3.05, 3.63) is 62.0 Å². The highest BCUT2D eigenvalue weighted by molar-refractivity contribution is 7.20. The van der Waals surface area contributed by atoms with Crippen LogP contribution in [-0.2, 0) is 6.54 Å². The maximum Gasteiger partial charge on any atom is 0.264 e.